The number of allylic oxidation sites excluding steroid dienone is 5. The minimum atomic E-state index is -1.62. The zero-order valence-electron chi connectivity index (χ0n) is 21.6. The van der Waals surface area contributed by atoms with Crippen molar-refractivity contribution >= 4 is 5.97 Å². The summed E-state index contributed by atoms with van der Waals surface area (Å²) >= 11 is 0. The van der Waals surface area contributed by atoms with Crippen molar-refractivity contribution in [2.24, 2.45) is 11.3 Å². The van der Waals surface area contributed by atoms with Gasteiger partial charge in [-0.05, 0) is 67.4 Å². The van der Waals surface area contributed by atoms with Crippen LogP contribution >= 0.6 is 0 Å². The van der Waals surface area contributed by atoms with Crippen LogP contribution in [0, 0.1) is 11.3 Å². The lowest BCUT2D eigenvalue weighted by Gasteiger charge is -2.41. The van der Waals surface area contributed by atoms with Crippen molar-refractivity contribution in [1.29, 1.82) is 0 Å². The first-order valence-corrected chi connectivity index (χ1v) is 13.2. The monoisotopic (exact) mass is 472 g/mol. The molecular formula is C29H44O5. The molecule has 0 unspecified atom stereocenters. The summed E-state index contributed by atoms with van der Waals surface area (Å²) in [6.45, 7) is 12.4. The summed E-state index contributed by atoms with van der Waals surface area (Å²) in [5, 5.41) is 21.6. The Kier molecular flexibility index (Phi) is 8.99. The predicted octanol–water partition coefficient (Wildman–Crippen LogP) is 5.92. The second-order valence-corrected chi connectivity index (χ2v) is 10.5. The maximum atomic E-state index is 12.3. The van der Waals surface area contributed by atoms with E-state index in [9.17, 15) is 15.0 Å². The van der Waals surface area contributed by atoms with E-state index >= 15 is 0 Å². The number of ether oxygens (including phenoxy) is 2. The Morgan fingerprint density at radius 2 is 2.09 bits per heavy atom. The summed E-state index contributed by atoms with van der Waals surface area (Å²) < 4.78 is 11.1. The fourth-order valence-corrected chi connectivity index (χ4v) is 6.14. The van der Waals surface area contributed by atoms with Crippen molar-refractivity contribution in [2.45, 2.75) is 110 Å². The standard InChI is InChI=1S/C29H44O5/c1-6-10-24(8-3)34-27(31)19-33-29(32)17-22(20(4)26(30)18-29)13-12-21-11-9-16-28(5)23(7-2)14-15-25(21)28/h12-14,24-26,30,32H,4,6-11,15-19H2,1-3,5H3/t24-,25-,26-,28+,29-/m0/s1. The molecule has 2 fully saturated rings. The number of aliphatic hydroxyl groups is 2. The summed E-state index contributed by atoms with van der Waals surface area (Å²) in [6, 6.07) is 0. The normalized spacial score (nSPS) is 34.8. The van der Waals surface area contributed by atoms with Gasteiger partial charge in [0, 0.05) is 12.8 Å². The van der Waals surface area contributed by atoms with Crippen LogP contribution in [0.4, 0.5) is 0 Å². The smallest absolute Gasteiger partial charge is 0.332 e. The SMILES string of the molecule is C=C1C(=CC=C2CCC[C@]3(C)C(CC)=CC[C@@H]23)C[C@](O)(OCC(=O)O[C@@H](CC)CCC)C[C@@H]1O. The van der Waals surface area contributed by atoms with Gasteiger partial charge in [0.2, 0.25) is 0 Å². The highest BCUT2D eigenvalue weighted by Crippen LogP contribution is 2.55. The van der Waals surface area contributed by atoms with Crippen LogP contribution in [-0.2, 0) is 14.3 Å². The van der Waals surface area contributed by atoms with Crippen LogP contribution in [-0.4, -0.2) is 40.8 Å². The molecule has 0 heterocycles. The van der Waals surface area contributed by atoms with E-state index in [1.807, 2.05) is 13.0 Å². The van der Waals surface area contributed by atoms with E-state index in [-0.39, 0.29) is 31.0 Å². The van der Waals surface area contributed by atoms with Crippen molar-refractivity contribution in [3.63, 3.8) is 0 Å². The first-order chi connectivity index (χ1) is 16.2. The lowest BCUT2D eigenvalue weighted by Crippen LogP contribution is -2.43. The molecule has 190 valence electrons. The number of carbonyl (C=O) groups excluding carboxylic acids is 1. The third-order valence-corrected chi connectivity index (χ3v) is 8.21. The summed E-state index contributed by atoms with van der Waals surface area (Å²) in [5.74, 6) is -1.58. The van der Waals surface area contributed by atoms with Crippen LogP contribution in [0.5, 0.6) is 0 Å². The predicted molar refractivity (Wildman–Crippen MR) is 135 cm³/mol. The quantitative estimate of drug-likeness (QED) is 0.247. The molecule has 0 spiro atoms. The fourth-order valence-electron chi connectivity index (χ4n) is 6.14. The van der Waals surface area contributed by atoms with Gasteiger partial charge in [0.1, 0.15) is 12.7 Å². The Balaban J connectivity index is 1.69. The number of fused-ring (bicyclic) bond motifs is 1. The average molecular weight is 473 g/mol. The molecule has 0 aromatic heterocycles. The van der Waals surface area contributed by atoms with E-state index in [0.29, 0.717) is 11.5 Å². The number of aliphatic hydroxyl groups excluding tert-OH is 1. The molecule has 0 saturated heterocycles. The first kappa shape index (κ1) is 26.9. The minimum absolute atomic E-state index is 0.0103. The Morgan fingerprint density at radius 3 is 2.76 bits per heavy atom. The minimum Gasteiger partial charge on any atom is -0.461 e. The van der Waals surface area contributed by atoms with Crippen molar-refractivity contribution in [2.75, 3.05) is 6.61 Å². The van der Waals surface area contributed by atoms with Crippen LogP contribution in [0.15, 0.2) is 47.1 Å². The molecule has 0 bridgehead atoms. The second-order valence-electron chi connectivity index (χ2n) is 10.5. The fraction of sp³-hybridized carbons (Fsp3) is 0.690. The van der Waals surface area contributed by atoms with Gasteiger partial charge in [0.25, 0.3) is 0 Å². The van der Waals surface area contributed by atoms with E-state index in [1.54, 1.807) is 5.57 Å². The summed E-state index contributed by atoms with van der Waals surface area (Å²) in [6.07, 6.45) is 13.9. The molecule has 2 N–H and O–H groups in total. The van der Waals surface area contributed by atoms with Gasteiger partial charge in [-0.15, -0.1) is 0 Å². The topological polar surface area (TPSA) is 76.0 Å². The highest BCUT2D eigenvalue weighted by Gasteiger charge is 2.44. The van der Waals surface area contributed by atoms with Crippen molar-refractivity contribution in [1.82, 2.24) is 0 Å². The molecule has 0 aromatic rings. The first-order valence-electron chi connectivity index (χ1n) is 13.2. The molecule has 34 heavy (non-hydrogen) atoms. The highest BCUT2D eigenvalue weighted by molar-refractivity contribution is 5.71. The lowest BCUT2D eigenvalue weighted by atomic mass is 9.64. The van der Waals surface area contributed by atoms with E-state index in [1.165, 1.54) is 18.4 Å². The van der Waals surface area contributed by atoms with Gasteiger partial charge in [0.05, 0.1) is 6.10 Å². The van der Waals surface area contributed by atoms with Gasteiger partial charge in [-0.2, -0.15) is 0 Å². The van der Waals surface area contributed by atoms with Gasteiger partial charge in [-0.3, -0.25) is 0 Å². The van der Waals surface area contributed by atoms with Gasteiger partial charge in [-0.1, -0.05) is 70.1 Å². The highest BCUT2D eigenvalue weighted by atomic mass is 16.6. The average Bonchev–Trinajstić information content (AvgIpc) is 3.15. The molecule has 0 radical (unpaired) electrons. The number of hydrogen-bond donors (Lipinski definition) is 2. The summed E-state index contributed by atoms with van der Waals surface area (Å²) in [4.78, 5) is 12.3. The Hall–Kier alpha value is -1.69. The molecular weight excluding hydrogens is 428 g/mol. The molecule has 5 atom stereocenters. The van der Waals surface area contributed by atoms with Crippen LogP contribution < -0.4 is 0 Å². The van der Waals surface area contributed by atoms with Crippen LogP contribution in [0.3, 0.4) is 0 Å². The van der Waals surface area contributed by atoms with E-state index in [4.69, 9.17) is 9.47 Å². The molecule has 0 aliphatic heterocycles. The molecule has 5 heteroatoms. The summed E-state index contributed by atoms with van der Waals surface area (Å²) in [7, 11) is 0. The molecule has 3 aliphatic rings. The zero-order chi connectivity index (χ0) is 24.9. The Morgan fingerprint density at radius 1 is 1.32 bits per heavy atom. The molecule has 2 saturated carbocycles. The van der Waals surface area contributed by atoms with Crippen LogP contribution in [0.1, 0.15) is 91.9 Å². The maximum Gasteiger partial charge on any atom is 0.332 e. The third kappa shape index (κ3) is 5.92. The van der Waals surface area contributed by atoms with Gasteiger partial charge < -0.3 is 19.7 Å². The van der Waals surface area contributed by atoms with Gasteiger partial charge >= 0.3 is 5.97 Å². The number of esters is 1. The third-order valence-electron chi connectivity index (χ3n) is 8.21. The van der Waals surface area contributed by atoms with Crippen LogP contribution in [0.2, 0.25) is 0 Å². The zero-order valence-corrected chi connectivity index (χ0v) is 21.6. The molecule has 0 aromatic carbocycles. The van der Waals surface area contributed by atoms with Crippen molar-refractivity contribution < 1.29 is 24.5 Å². The van der Waals surface area contributed by atoms with E-state index < -0.39 is 17.9 Å². The lowest BCUT2D eigenvalue weighted by molar-refractivity contribution is -0.226. The number of rotatable bonds is 9. The number of carbonyl (C=O) groups is 1. The second kappa shape index (κ2) is 11.4. The Labute approximate surface area is 205 Å². The molecule has 3 rings (SSSR count). The molecule has 0 amide bonds. The maximum absolute atomic E-state index is 12.3. The largest absolute Gasteiger partial charge is 0.461 e. The van der Waals surface area contributed by atoms with E-state index in [2.05, 4.69) is 39.5 Å². The van der Waals surface area contributed by atoms with Gasteiger partial charge in [0.15, 0.2) is 5.79 Å². The van der Waals surface area contributed by atoms with Crippen molar-refractivity contribution in [3.05, 3.63) is 47.1 Å². The number of hydrogen-bond acceptors (Lipinski definition) is 5. The Bertz CT molecular complexity index is 853. The molecule has 3 aliphatic carbocycles. The van der Waals surface area contributed by atoms with Gasteiger partial charge in [-0.25, -0.2) is 4.79 Å². The van der Waals surface area contributed by atoms with E-state index in [0.717, 1.165) is 44.1 Å². The van der Waals surface area contributed by atoms with Crippen molar-refractivity contribution in [3.8, 4) is 0 Å². The summed E-state index contributed by atoms with van der Waals surface area (Å²) in [5.41, 5.74) is 4.64. The molecule has 5 nitrogen and oxygen atoms in total. The van der Waals surface area contributed by atoms with Crippen LogP contribution in [0.25, 0.3) is 0 Å².